The van der Waals surface area contributed by atoms with Gasteiger partial charge in [-0.2, -0.15) is 0 Å². The Kier molecular flexibility index (Phi) is 5.57. The van der Waals surface area contributed by atoms with Crippen LogP contribution in [0.3, 0.4) is 0 Å². The predicted molar refractivity (Wildman–Crippen MR) is 137 cm³/mol. The molecule has 0 radical (unpaired) electrons. The molecule has 2 aromatic carbocycles. The first kappa shape index (κ1) is 22.0. The van der Waals surface area contributed by atoms with Gasteiger partial charge in [-0.1, -0.05) is 35.6 Å². The fourth-order valence-electron chi connectivity index (χ4n) is 6.34. The maximum absolute atomic E-state index is 13.2. The van der Waals surface area contributed by atoms with Gasteiger partial charge in [0.05, 0.1) is 12.1 Å². The zero-order chi connectivity index (χ0) is 23.4. The third-order valence-corrected chi connectivity index (χ3v) is 10.6. The van der Waals surface area contributed by atoms with E-state index in [1.165, 1.54) is 36.2 Å². The smallest absolute Gasteiger partial charge is 0.308 e. The molecular formula is C27H28N2O3S2. The van der Waals surface area contributed by atoms with Crippen LogP contribution in [0.1, 0.15) is 41.2 Å². The van der Waals surface area contributed by atoms with Crippen LogP contribution < -0.4 is 14.9 Å². The minimum Gasteiger partial charge on any atom is -0.497 e. The molecule has 3 aromatic rings. The molecule has 4 unspecified atom stereocenters. The lowest BCUT2D eigenvalue weighted by Crippen LogP contribution is -2.34. The summed E-state index contributed by atoms with van der Waals surface area (Å²) in [6.07, 6.45) is 3.87. The number of hydrogen-bond donors (Lipinski definition) is 1. The Morgan fingerprint density at radius 2 is 1.94 bits per heavy atom. The maximum Gasteiger partial charge on any atom is 0.308 e. The van der Waals surface area contributed by atoms with Gasteiger partial charge >= 0.3 is 4.87 Å². The predicted octanol–water partition coefficient (Wildman–Crippen LogP) is 5.52. The highest BCUT2D eigenvalue weighted by molar-refractivity contribution is 8.00. The number of thioether (sulfide) groups is 1. The average Bonchev–Trinajstić information content (AvgIpc) is 3.52. The van der Waals surface area contributed by atoms with Gasteiger partial charge in [0.1, 0.15) is 12.3 Å². The van der Waals surface area contributed by atoms with E-state index >= 15 is 0 Å². The highest BCUT2D eigenvalue weighted by Gasteiger charge is 2.55. The molecule has 34 heavy (non-hydrogen) atoms. The van der Waals surface area contributed by atoms with Crippen molar-refractivity contribution in [2.75, 3.05) is 12.4 Å². The summed E-state index contributed by atoms with van der Waals surface area (Å²) in [7, 11) is 1.68. The second-order valence-electron chi connectivity index (χ2n) is 9.79. The first-order valence-corrected chi connectivity index (χ1v) is 13.6. The highest BCUT2D eigenvalue weighted by atomic mass is 32.2. The summed E-state index contributed by atoms with van der Waals surface area (Å²) in [6, 6.07) is 16.1. The van der Waals surface area contributed by atoms with E-state index in [2.05, 4.69) is 17.4 Å². The van der Waals surface area contributed by atoms with Gasteiger partial charge in [-0.05, 0) is 79.3 Å². The summed E-state index contributed by atoms with van der Waals surface area (Å²) in [5, 5.41) is 4.48. The average molecular weight is 493 g/mol. The number of ether oxygens (including phenoxy) is 1. The molecule has 1 amide bonds. The minimum absolute atomic E-state index is 0.0391. The van der Waals surface area contributed by atoms with Crippen molar-refractivity contribution in [1.29, 1.82) is 0 Å². The van der Waals surface area contributed by atoms with Crippen molar-refractivity contribution in [2.45, 2.75) is 48.9 Å². The summed E-state index contributed by atoms with van der Waals surface area (Å²) in [5.74, 6) is 2.87. The summed E-state index contributed by atoms with van der Waals surface area (Å²) >= 11 is 3.20. The Hall–Kier alpha value is -2.51. The number of rotatable bonds is 5. The number of carbonyl (C=O) groups is 1. The van der Waals surface area contributed by atoms with Crippen LogP contribution >= 0.6 is 23.1 Å². The molecule has 2 saturated carbocycles. The number of benzene rings is 2. The Labute approximate surface area is 207 Å². The van der Waals surface area contributed by atoms with Crippen LogP contribution in [-0.2, 0) is 11.3 Å². The van der Waals surface area contributed by atoms with E-state index in [9.17, 15) is 9.59 Å². The molecule has 0 spiro atoms. The summed E-state index contributed by atoms with van der Waals surface area (Å²) in [6.45, 7) is 2.05. The van der Waals surface area contributed by atoms with Crippen molar-refractivity contribution >= 4 is 34.7 Å². The molecule has 0 saturated heterocycles. The van der Waals surface area contributed by atoms with E-state index < -0.39 is 0 Å². The number of aryl methyl sites for hydroxylation is 1. The number of nitrogens with zero attached hydrogens (tertiary/aromatic N) is 1. The molecule has 1 aromatic heterocycles. The van der Waals surface area contributed by atoms with E-state index in [1.807, 2.05) is 55.1 Å². The summed E-state index contributed by atoms with van der Waals surface area (Å²) in [4.78, 5) is 27.2. The van der Waals surface area contributed by atoms with E-state index in [0.29, 0.717) is 17.1 Å². The fraction of sp³-hybridized carbons (Fsp3) is 0.407. The molecule has 176 valence electrons. The van der Waals surface area contributed by atoms with Crippen molar-refractivity contribution in [1.82, 2.24) is 4.57 Å². The third-order valence-electron chi connectivity index (χ3n) is 7.77. The van der Waals surface area contributed by atoms with Crippen LogP contribution in [0, 0.1) is 24.7 Å². The largest absolute Gasteiger partial charge is 0.497 e. The Balaban J connectivity index is 1.36. The fourth-order valence-corrected chi connectivity index (χ4v) is 9.49. The molecule has 2 aliphatic carbocycles. The first-order valence-electron chi connectivity index (χ1n) is 11.9. The molecule has 6 rings (SSSR count). The Bertz CT molecular complexity index is 1300. The zero-order valence-electron chi connectivity index (χ0n) is 19.3. The number of anilines is 1. The number of thiazole rings is 1. The quantitative estimate of drug-likeness (QED) is 0.510. The van der Waals surface area contributed by atoms with Crippen molar-refractivity contribution in [2.24, 2.45) is 17.8 Å². The second kappa shape index (κ2) is 8.61. The number of carbonyl (C=O) groups excluding carboxylic acids is 1. The van der Waals surface area contributed by atoms with Crippen molar-refractivity contribution in [3.8, 4) is 5.75 Å². The van der Waals surface area contributed by atoms with Gasteiger partial charge in [0, 0.05) is 21.7 Å². The molecular weight excluding hydrogens is 464 g/mol. The monoisotopic (exact) mass is 492 g/mol. The molecule has 2 bridgehead atoms. The van der Waals surface area contributed by atoms with E-state index in [1.54, 1.807) is 11.7 Å². The molecule has 7 heteroatoms. The molecule has 2 fully saturated rings. The van der Waals surface area contributed by atoms with Gasteiger partial charge in [0.15, 0.2) is 0 Å². The number of nitrogens with one attached hydrogen (secondary N) is 1. The van der Waals surface area contributed by atoms with E-state index in [0.717, 1.165) is 32.8 Å². The van der Waals surface area contributed by atoms with Crippen LogP contribution in [0.2, 0.25) is 0 Å². The third kappa shape index (κ3) is 3.69. The van der Waals surface area contributed by atoms with Crippen LogP contribution in [0.4, 0.5) is 5.69 Å². The van der Waals surface area contributed by atoms with Crippen LogP contribution in [0.15, 0.2) is 58.4 Å². The Morgan fingerprint density at radius 1 is 1.15 bits per heavy atom. The second-order valence-corrected chi connectivity index (χ2v) is 11.9. The molecule has 1 N–H and O–H groups in total. The molecule has 5 nitrogen and oxygen atoms in total. The standard InChI is InChI=1S/C27H28N2O3S2/c1-15-4-3-5-19(12-15)28-21(30)14-29-26-25(34-27(29)31)22(16-8-10-20(32-2)11-9-16)23-17-6-7-18(13-17)24(23)33-26/h3-5,8-12,17-18,22-24H,6-7,13-14H2,1-2H3,(H,28,30)/t17?,18?,22-,23?,24?/m1/s1. The molecule has 2 heterocycles. The minimum atomic E-state index is -0.162. The van der Waals surface area contributed by atoms with Crippen LogP contribution in [0.5, 0.6) is 5.75 Å². The van der Waals surface area contributed by atoms with Crippen molar-refractivity contribution in [3.63, 3.8) is 0 Å². The zero-order valence-corrected chi connectivity index (χ0v) is 21.0. The van der Waals surface area contributed by atoms with Crippen molar-refractivity contribution < 1.29 is 9.53 Å². The van der Waals surface area contributed by atoms with Gasteiger partial charge in [-0.3, -0.25) is 14.2 Å². The number of methoxy groups -OCH3 is 1. The van der Waals surface area contributed by atoms with E-state index in [-0.39, 0.29) is 23.2 Å². The number of fused-ring (bicyclic) bond motifs is 6. The number of amides is 1. The van der Waals surface area contributed by atoms with Crippen LogP contribution in [0.25, 0.3) is 0 Å². The van der Waals surface area contributed by atoms with Crippen molar-refractivity contribution in [3.05, 3.63) is 74.2 Å². The van der Waals surface area contributed by atoms with Gasteiger partial charge in [0.25, 0.3) is 0 Å². The topological polar surface area (TPSA) is 60.3 Å². The highest BCUT2D eigenvalue weighted by Crippen LogP contribution is 2.64. The normalized spacial score (nSPS) is 26.7. The Morgan fingerprint density at radius 3 is 2.71 bits per heavy atom. The molecule has 3 aliphatic rings. The summed E-state index contributed by atoms with van der Waals surface area (Å²) in [5.41, 5.74) is 3.10. The SMILES string of the molecule is COc1ccc([C@H]2c3sc(=O)n(CC(=O)Nc4cccc(C)c4)c3SC3C4CCC(C4)C32)cc1. The van der Waals surface area contributed by atoms with Gasteiger partial charge < -0.3 is 10.1 Å². The van der Waals surface area contributed by atoms with Gasteiger partial charge in [0.2, 0.25) is 5.91 Å². The lowest BCUT2D eigenvalue weighted by Gasteiger charge is -2.40. The lowest BCUT2D eigenvalue weighted by molar-refractivity contribution is -0.116. The maximum atomic E-state index is 13.2. The molecule has 5 atom stereocenters. The number of hydrogen-bond acceptors (Lipinski definition) is 5. The van der Waals surface area contributed by atoms with Crippen LogP contribution in [-0.4, -0.2) is 22.8 Å². The summed E-state index contributed by atoms with van der Waals surface area (Å²) < 4.78 is 7.10. The molecule has 1 aliphatic heterocycles. The number of aromatic nitrogens is 1. The van der Waals surface area contributed by atoms with E-state index in [4.69, 9.17) is 4.74 Å². The van der Waals surface area contributed by atoms with Gasteiger partial charge in [-0.25, -0.2) is 0 Å². The lowest BCUT2D eigenvalue weighted by atomic mass is 9.75. The van der Waals surface area contributed by atoms with Gasteiger partial charge in [-0.15, -0.1) is 11.8 Å². The first-order chi connectivity index (χ1) is 16.5.